The SMILES string of the molecule is N#CCCOc1ccc(C(=O)C2CC3COCC(C2)N3)cc1. The summed E-state index contributed by atoms with van der Waals surface area (Å²) in [6, 6.07) is 9.87. The zero-order valence-electron chi connectivity index (χ0n) is 12.5. The van der Waals surface area contributed by atoms with Crippen molar-refractivity contribution in [3.63, 3.8) is 0 Å². The van der Waals surface area contributed by atoms with E-state index in [1.165, 1.54) is 0 Å². The number of nitrogens with zero attached hydrogens (tertiary/aromatic N) is 1. The summed E-state index contributed by atoms with van der Waals surface area (Å²) in [5, 5.41) is 12.0. The van der Waals surface area contributed by atoms with Crippen LogP contribution in [-0.2, 0) is 4.74 Å². The Morgan fingerprint density at radius 2 is 1.95 bits per heavy atom. The van der Waals surface area contributed by atoms with Gasteiger partial charge in [-0.25, -0.2) is 0 Å². The first-order valence-corrected chi connectivity index (χ1v) is 7.74. The highest BCUT2D eigenvalue weighted by molar-refractivity contribution is 5.98. The Bertz CT molecular complexity index is 552. The third-order valence-electron chi connectivity index (χ3n) is 4.24. The number of carbonyl (C=O) groups excluding carboxylic acids is 1. The molecule has 2 atom stereocenters. The molecule has 2 bridgehead atoms. The molecule has 2 fully saturated rings. The number of benzene rings is 1. The van der Waals surface area contributed by atoms with Crippen molar-refractivity contribution in [2.45, 2.75) is 31.3 Å². The summed E-state index contributed by atoms with van der Waals surface area (Å²) in [6.45, 7) is 1.78. The highest BCUT2D eigenvalue weighted by atomic mass is 16.5. The normalized spacial score (nSPS) is 27.0. The lowest BCUT2D eigenvalue weighted by Crippen LogP contribution is -2.55. The molecule has 2 heterocycles. The van der Waals surface area contributed by atoms with Crippen molar-refractivity contribution in [2.24, 2.45) is 5.92 Å². The molecule has 0 radical (unpaired) electrons. The van der Waals surface area contributed by atoms with Gasteiger partial charge in [-0.3, -0.25) is 4.79 Å². The number of hydrogen-bond acceptors (Lipinski definition) is 5. The van der Waals surface area contributed by atoms with E-state index in [4.69, 9.17) is 14.7 Å². The largest absolute Gasteiger partial charge is 0.493 e. The zero-order valence-corrected chi connectivity index (χ0v) is 12.5. The van der Waals surface area contributed by atoms with Gasteiger partial charge in [-0.05, 0) is 37.1 Å². The van der Waals surface area contributed by atoms with Crippen molar-refractivity contribution in [1.82, 2.24) is 5.32 Å². The van der Waals surface area contributed by atoms with E-state index in [1.807, 2.05) is 18.2 Å². The molecule has 0 aromatic heterocycles. The number of hydrogen-bond donors (Lipinski definition) is 1. The topological polar surface area (TPSA) is 71.3 Å². The average molecular weight is 300 g/mol. The molecule has 1 aromatic carbocycles. The smallest absolute Gasteiger partial charge is 0.166 e. The van der Waals surface area contributed by atoms with E-state index in [0.717, 1.165) is 18.4 Å². The van der Waals surface area contributed by atoms with Crippen LogP contribution in [-0.4, -0.2) is 37.7 Å². The second-order valence-corrected chi connectivity index (χ2v) is 5.91. The molecule has 1 aromatic rings. The second kappa shape index (κ2) is 6.91. The van der Waals surface area contributed by atoms with E-state index in [-0.39, 0.29) is 11.7 Å². The van der Waals surface area contributed by atoms with Crippen LogP contribution in [0.3, 0.4) is 0 Å². The van der Waals surface area contributed by atoms with Gasteiger partial charge >= 0.3 is 0 Å². The fourth-order valence-electron chi connectivity index (χ4n) is 3.22. The first-order chi connectivity index (χ1) is 10.8. The lowest BCUT2D eigenvalue weighted by Gasteiger charge is -2.39. The molecule has 0 spiro atoms. The zero-order chi connectivity index (χ0) is 15.4. The Kier molecular flexibility index (Phi) is 4.71. The molecule has 0 saturated carbocycles. The molecule has 1 N–H and O–H groups in total. The third-order valence-corrected chi connectivity index (χ3v) is 4.24. The van der Waals surface area contributed by atoms with Gasteiger partial charge in [0.05, 0.1) is 25.7 Å². The van der Waals surface area contributed by atoms with Gasteiger partial charge in [0.2, 0.25) is 0 Å². The minimum absolute atomic E-state index is 0.0745. The van der Waals surface area contributed by atoms with Gasteiger partial charge < -0.3 is 14.8 Å². The van der Waals surface area contributed by atoms with Crippen LogP contribution in [0.2, 0.25) is 0 Å². The number of ether oxygens (including phenoxy) is 2. The van der Waals surface area contributed by atoms with Crippen LogP contribution in [0.5, 0.6) is 5.75 Å². The maximum Gasteiger partial charge on any atom is 0.166 e. The van der Waals surface area contributed by atoms with Crippen molar-refractivity contribution in [2.75, 3.05) is 19.8 Å². The van der Waals surface area contributed by atoms with Gasteiger partial charge in [0, 0.05) is 23.6 Å². The van der Waals surface area contributed by atoms with E-state index in [0.29, 0.717) is 44.1 Å². The number of ketones is 1. The number of piperidine rings is 1. The molecular weight excluding hydrogens is 280 g/mol. The number of morpholine rings is 1. The number of Topliss-reactive ketones (excluding diaryl/α,β-unsaturated/α-hetero) is 1. The fraction of sp³-hybridized carbons (Fsp3) is 0.529. The predicted molar refractivity (Wildman–Crippen MR) is 80.8 cm³/mol. The van der Waals surface area contributed by atoms with Gasteiger partial charge in [0.25, 0.3) is 0 Å². The first kappa shape index (κ1) is 15.0. The maximum atomic E-state index is 12.7. The van der Waals surface area contributed by atoms with Gasteiger partial charge in [-0.2, -0.15) is 5.26 Å². The van der Waals surface area contributed by atoms with E-state index >= 15 is 0 Å². The lowest BCUT2D eigenvalue weighted by atomic mass is 9.82. The van der Waals surface area contributed by atoms with Crippen molar-refractivity contribution in [1.29, 1.82) is 5.26 Å². The molecule has 0 aliphatic carbocycles. The summed E-state index contributed by atoms with van der Waals surface area (Å²) in [6.07, 6.45) is 2.05. The first-order valence-electron chi connectivity index (χ1n) is 7.74. The Labute approximate surface area is 130 Å². The molecule has 116 valence electrons. The molecule has 2 saturated heterocycles. The Balaban J connectivity index is 1.61. The number of carbonyl (C=O) groups is 1. The summed E-state index contributed by atoms with van der Waals surface area (Å²) in [5.41, 5.74) is 0.735. The van der Waals surface area contributed by atoms with Gasteiger partial charge in [0.15, 0.2) is 5.78 Å². The average Bonchev–Trinajstić information content (AvgIpc) is 2.55. The minimum Gasteiger partial charge on any atom is -0.493 e. The molecular formula is C17H20N2O3. The number of rotatable bonds is 5. The summed E-state index contributed by atoms with van der Waals surface area (Å²) < 4.78 is 10.9. The molecule has 2 aliphatic rings. The quantitative estimate of drug-likeness (QED) is 0.664. The van der Waals surface area contributed by atoms with Gasteiger partial charge in [-0.1, -0.05) is 0 Å². The molecule has 2 unspecified atom stereocenters. The van der Waals surface area contributed by atoms with Crippen molar-refractivity contribution < 1.29 is 14.3 Å². The second-order valence-electron chi connectivity index (χ2n) is 5.91. The van der Waals surface area contributed by atoms with Crippen molar-refractivity contribution >= 4 is 5.78 Å². The van der Waals surface area contributed by atoms with E-state index in [1.54, 1.807) is 12.1 Å². The monoisotopic (exact) mass is 300 g/mol. The Morgan fingerprint density at radius 1 is 1.27 bits per heavy atom. The van der Waals surface area contributed by atoms with E-state index < -0.39 is 0 Å². The molecule has 2 aliphatic heterocycles. The van der Waals surface area contributed by atoms with Crippen molar-refractivity contribution in [3.05, 3.63) is 29.8 Å². The molecule has 5 nitrogen and oxygen atoms in total. The summed E-state index contributed by atoms with van der Waals surface area (Å²) >= 11 is 0. The van der Waals surface area contributed by atoms with Crippen LogP contribution < -0.4 is 10.1 Å². The Hall–Kier alpha value is -1.90. The Morgan fingerprint density at radius 3 is 2.59 bits per heavy atom. The minimum atomic E-state index is 0.0745. The highest BCUT2D eigenvalue weighted by Gasteiger charge is 2.35. The predicted octanol–water partition coefficient (Wildman–Crippen LogP) is 1.93. The van der Waals surface area contributed by atoms with Gasteiger partial charge in [0.1, 0.15) is 12.4 Å². The van der Waals surface area contributed by atoms with Crippen LogP contribution in [0, 0.1) is 17.2 Å². The third kappa shape index (κ3) is 3.46. The van der Waals surface area contributed by atoms with Crippen molar-refractivity contribution in [3.8, 4) is 11.8 Å². The van der Waals surface area contributed by atoms with Crippen LogP contribution in [0.1, 0.15) is 29.6 Å². The fourth-order valence-corrected chi connectivity index (χ4v) is 3.22. The molecule has 0 amide bonds. The molecule has 5 heteroatoms. The molecule has 22 heavy (non-hydrogen) atoms. The number of nitriles is 1. The number of nitrogens with one attached hydrogen (secondary N) is 1. The number of fused-ring (bicyclic) bond motifs is 2. The highest BCUT2D eigenvalue weighted by Crippen LogP contribution is 2.27. The van der Waals surface area contributed by atoms with E-state index in [9.17, 15) is 4.79 Å². The standard InChI is InChI=1S/C17H20N2O3/c18-6-1-7-22-16-4-2-12(3-5-16)17(20)13-8-14-10-21-11-15(9-13)19-14/h2-5,13-15,19H,1,7-11H2. The summed E-state index contributed by atoms with van der Waals surface area (Å²) in [5.74, 6) is 0.981. The van der Waals surface area contributed by atoms with E-state index in [2.05, 4.69) is 5.32 Å². The summed E-state index contributed by atoms with van der Waals surface area (Å²) in [7, 11) is 0. The van der Waals surface area contributed by atoms with Crippen LogP contribution in [0.25, 0.3) is 0 Å². The van der Waals surface area contributed by atoms with Gasteiger partial charge in [-0.15, -0.1) is 0 Å². The summed E-state index contributed by atoms with van der Waals surface area (Å²) in [4.78, 5) is 12.7. The maximum absolute atomic E-state index is 12.7. The lowest BCUT2D eigenvalue weighted by molar-refractivity contribution is 0.00953. The van der Waals surface area contributed by atoms with Crippen LogP contribution in [0.15, 0.2) is 24.3 Å². The molecule has 3 rings (SSSR count). The van der Waals surface area contributed by atoms with Crippen LogP contribution in [0.4, 0.5) is 0 Å². The van der Waals surface area contributed by atoms with Crippen LogP contribution >= 0.6 is 0 Å².